The van der Waals surface area contributed by atoms with Crippen molar-refractivity contribution in [3.8, 4) is 16.9 Å². The average molecular weight is 536 g/mol. The van der Waals surface area contributed by atoms with E-state index < -0.39 is 18.1 Å². The standard InChI is InChI=1S/C28H27F2N5O4/c1-28(36)8-21(20-4-2-3-5-22(20)39-26(29)30)24-25(28)33-23-7-6-16(11-34(23)24)17-9-31-27(32-10-17)35-18-12-37-14-19(35)15-38-13-18/h2-7,9-11,18-19,21,26,36H,8,12-15H2,1H3/t18-,19-,21-,28+/m1/s1. The van der Waals surface area contributed by atoms with Gasteiger partial charge in [0.1, 0.15) is 17.0 Å². The number of hydrogen-bond donors (Lipinski definition) is 1. The molecule has 0 saturated carbocycles. The number of alkyl halides is 2. The summed E-state index contributed by atoms with van der Waals surface area (Å²) >= 11 is 0. The van der Waals surface area contributed by atoms with Crippen molar-refractivity contribution in [1.82, 2.24) is 19.4 Å². The van der Waals surface area contributed by atoms with Crippen LogP contribution in [0.15, 0.2) is 55.0 Å². The van der Waals surface area contributed by atoms with Gasteiger partial charge in [-0.25, -0.2) is 15.0 Å². The number of anilines is 1. The van der Waals surface area contributed by atoms with E-state index in [1.165, 1.54) is 6.07 Å². The summed E-state index contributed by atoms with van der Waals surface area (Å²) in [6.45, 7) is 1.09. The van der Waals surface area contributed by atoms with Gasteiger partial charge >= 0.3 is 6.61 Å². The summed E-state index contributed by atoms with van der Waals surface area (Å²) in [7, 11) is 0. The second-order valence-corrected chi connectivity index (χ2v) is 10.5. The molecule has 2 aliphatic heterocycles. The van der Waals surface area contributed by atoms with Gasteiger partial charge in [0.2, 0.25) is 5.95 Å². The minimum atomic E-state index is -2.95. The molecular weight excluding hydrogens is 508 g/mol. The second kappa shape index (κ2) is 9.22. The first-order valence-electron chi connectivity index (χ1n) is 12.9. The van der Waals surface area contributed by atoms with Crippen LogP contribution in [0.2, 0.25) is 0 Å². The minimum absolute atomic E-state index is 0.0922. The van der Waals surface area contributed by atoms with Crippen molar-refractivity contribution in [1.29, 1.82) is 0 Å². The van der Waals surface area contributed by atoms with Crippen LogP contribution < -0.4 is 9.64 Å². The number of benzene rings is 1. The summed E-state index contributed by atoms with van der Waals surface area (Å²) < 4.78 is 44.5. The number of para-hydroxylation sites is 1. The number of fused-ring (bicyclic) bond motifs is 5. The molecule has 2 atom stereocenters. The Balaban J connectivity index is 1.27. The summed E-state index contributed by atoms with van der Waals surface area (Å²) in [5.74, 6) is 0.350. The smallest absolute Gasteiger partial charge is 0.387 e. The summed E-state index contributed by atoms with van der Waals surface area (Å²) in [5, 5.41) is 11.3. The fraction of sp³-hybridized carbons (Fsp3) is 0.393. The molecular formula is C28H27F2N5O4. The van der Waals surface area contributed by atoms with E-state index >= 15 is 0 Å². The first-order valence-corrected chi connectivity index (χ1v) is 12.9. The van der Waals surface area contributed by atoms with Gasteiger partial charge < -0.3 is 28.6 Å². The third-order valence-corrected chi connectivity index (χ3v) is 7.84. The highest BCUT2D eigenvalue weighted by molar-refractivity contribution is 5.65. The lowest BCUT2D eigenvalue weighted by atomic mass is 9.93. The number of pyridine rings is 1. The molecule has 0 radical (unpaired) electrons. The number of ether oxygens (including phenoxy) is 3. The van der Waals surface area contributed by atoms with E-state index in [0.29, 0.717) is 55.7 Å². The van der Waals surface area contributed by atoms with Crippen molar-refractivity contribution in [3.05, 3.63) is 71.9 Å². The van der Waals surface area contributed by atoms with Gasteiger partial charge in [-0.05, 0) is 31.5 Å². The Morgan fingerprint density at radius 3 is 2.38 bits per heavy atom. The fourth-order valence-electron chi connectivity index (χ4n) is 6.11. The molecule has 9 nitrogen and oxygen atoms in total. The SMILES string of the molecule is C[C@]1(O)C[C@H](c2ccccc2OC(F)F)c2c1nc1ccc(-c3cnc(N4[C@H]5COC[C@H]4COC5)nc3)cn21. The van der Waals surface area contributed by atoms with Gasteiger partial charge in [-0.2, -0.15) is 8.78 Å². The van der Waals surface area contributed by atoms with Crippen LogP contribution in [0.1, 0.15) is 36.2 Å². The third-order valence-electron chi connectivity index (χ3n) is 7.84. The van der Waals surface area contributed by atoms with Gasteiger partial charge in [-0.1, -0.05) is 18.2 Å². The van der Waals surface area contributed by atoms with Crippen molar-refractivity contribution in [3.63, 3.8) is 0 Å². The predicted octanol–water partition coefficient (Wildman–Crippen LogP) is 3.74. The molecule has 39 heavy (non-hydrogen) atoms. The average Bonchev–Trinajstić information content (AvgIpc) is 3.43. The van der Waals surface area contributed by atoms with Gasteiger partial charge in [0.25, 0.3) is 0 Å². The Kier molecular flexibility index (Phi) is 5.76. The topological polar surface area (TPSA) is 94.2 Å². The van der Waals surface area contributed by atoms with E-state index in [1.54, 1.807) is 37.5 Å². The number of aromatic nitrogens is 4. The van der Waals surface area contributed by atoms with Crippen LogP contribution in [-0.4, -0.2) is 69.6 Å². The van der Waals surface area contributed by atoms with Crippen molar-refractivity contribution in [2.45, 2.75) is 43.6 Å². The molecule has 4 aromatic rings. The van der Waals surface area contributed by atoms with Crippen LogP contribution in [0.3, 0.4) is 0 Å². The number of aliphatic hydroxyl groups is 1. The quantitative estimate of drug-likeness (QED) is 0.413. The van der Waals surface area contributed by atoms with Crippen molar-refractivity contribution >= 4 is 11.6 Å². The van der Waals surface area contributed by atoms with Gasteiger partial charge in [-0.15, -0.1) is 0 Å². The summed E-state index contributed by atoms with van der Waals surface area (Å²) in [6, 6.07) is 10.7. The molecule has 7 rings (SSSR count). The Labute approximate surface area is 223 Å². The lowest BCUT2D eigenvalue weighted by Gasteiger charge is -2.45. The molecule has 2 fully saturated rings. The van der Waals surface area contributed by atoms with Crippen molar-refractivity contribution in [2.24, 2.45) is 0 Å². The molecule has 2 saturated heterocycles. The summed E-state index contributed by atoms with van der Waals surface area (Å²) in [5.41, 5.74) is 2.97. The van der Waals surface area contributed by atoms with Crippen LogP contribution in [0.4, 0.5) is 14.7 Å². The first kappa shape index (κ1) is 24.4. The maximum absolute atomic E-state index is 13.2. The summed E-state index contributed by atoms with van der Waals surface area (Å²) in [4.78, 5) is 16.3. The number of morpholine rings is 2. The normalized spacial score (nSPS) is 26.3. The Morgan fingerprint density at radius 2 is 1.69 bits per heavy atom. The van der Waals surface area contributed by atoms with E-state index in [0.717, 1.165) is 16.8 Å². The zero-order valence-corrected chi connectivity index (χ0v) is 21.2. The highest BCUT2D eigenvalue weighted by atomic mass is 19.3. The zero-order valence-electron chi connectivity index (χ0n) is 21.2. The predicted molar refractivity (Wildman–Crippen MR) is 137 cm³/mol. The monoisotopic (exact) mass is 535 g/mol. The highest BCUT2D eigenvalue weighted by Crippen LogP contribution is 2.49. The van der Waals surface area contributed by atoms with E-state index in [-0.39, 0.29) is 17.8 Å². The molecule has 3 aliphatic rings. The highest BCUT2D eigenvalue weighted by Gasteiger charge is 2.45. The second-order valence-electron chi connectivity index (χ2n) is 10.5. The maximum atomic E-state index is 13.2. The van der Waals surface area contributed by atoms with Crippen LogP contribution in [0.5, 0.6) is 5.75 Å². The molecule has 5 heterocycles. The molecule has 0 amide bonds. The number of halogens is 2. The Morgan fingerprint density at radius 1 is 1.00 bits per heavy atom. The van der Waals surface area contributed by atoms with Crippen molar-refractivity contribution < 1.29 is 28.1 Å². The maximum Gasteiger partial charge on any atom is 0.387 e. The molecule has 1 aromatic carbocycles. The summed E-state index contributed by atoms with van der Waals surface area (Å²) in [6.07, 6.45) is 5.82. The van der Waals surface area contributed by atoms with Crippen LogP contribution in [0, 0.1) is 0 Å². The molecule has 1 aliphatic carbocycles. The van der Waals surface area contributed by atoms with E-state index in [9.17, 15) is 13.9 Å². The molecule has 11 heteroatoms. The van der Waals surface area contributed by atoms with Gasteiger partial charge in [0.15, 0.2) is 0 Å². The van der Waals surface area contributed by atoms with Gasteiger partial charge in [0.05, 0.1) is 49.9 Å². The molecule has 2 bridgehead atoms. The first-order chi connectivity index (χ1) is 18.9. The molecule has 0 spiro atoms. The Bertz CT molecular complexity index is 1500. The molecule has 0 unspecified atom stereocenters. The lowest BCUT2D eigenvalue weighted by Crippen LogP contribution is -2.60. The van der Waals surface area contributed by atoms with E-state index in [1.807, 2.05) is 22.7 Å². The van der Waals surface area contributed by atoms with Crippen LogP contribution in [0.25, 0.3) is 16.8 Å². The number of nitrogens with zero attached hydrogens (tertiary/aromatic N) is 5. The molecule has 3 aromatic heterocycles. The zero-order chi connectivity index (χ0) is 26.7. The van der Waals surface area contributed by atoms with Gasteiger partial charge in [-0.3, -0.25) is 0 Å². The third kappa shape index (κ3) is 4.12. The Hall–Kier alpha value is -3.67. The molecule has 1 N–H and O–H groups in total. The lowest BCUT2D eigenvalue weighted by molar-refractivity contribution is -0.0506. The number of hydrogen-bond acceptors (Lipinski definition) is 8. The van der Waals surface area contributed by atoms with E-state index in [4.69, 9.17) is 19.2 Å². The largest absolute Gasteiger partial charge is 0.435 e. The van der Waals surface area contributed by atoms with Crippen LogP contribution in [-0.2, 0) is 15.1 Å². The van der Waals surface area contributed by atoms with Crippen molar-refractivity contribution in [2.75, 3.05) is 31.3 Å². The minimum Gasteiger partial charge on any atom is -0.435 e. The van der Waals surface area contributed by atoms with Gasteiger partial charge in [0, 0.05) is 41.2 Å². The van der Waals surface area contributed by atoms with Crippen LogP contribution >= 0.6 is 0 Å². The van der Waals surface area contributed by atoms with E-state index in [2.05, 4.69) is 14.9 Å². The number of rotatable bonds is 5. The molecule has 202 valence electrons. The number of imidazole rings is 1. The fourth-order valence-corrected chi connectivity index (χ4v) is 6.11.